The van der Waals surface area contributed by atoms with Gasteiger partial charge in [-0.3, -0.25) is 4.79 Å². The van der Waals surface area contributed by atoms with Crippen LogP contribution in [0.1, 0.15) is 38.2 Å². The second kappa shape index (κ2) is 7.10. The summed E-state index contributed by atoms with van der Waals surface area (Å²) in [4.78, 5) is 11.8. The van der Waals surface area contributed by atoms with E-state index in [2.05, 4.69) is 29.6 Å². The van der Waals surface area contributed by atoms with E-state index in [4.69, 9.17) is 9.47 Å². The Balaban J connectivity index is 1.51. The highest BCUT2D eigenvalue weighted by atomic mass is 16.5. The molecule has 2 aromatic rings. The topological polar surface area (TPSA) is 47.6 Å². The fraction of sp³-hybridized carbons (Fsp3) is 0.348. The number of allylic oxidation sites excluding steroid dienone is 2. The molecule has 2 aliphatic rings. The zero-order chi connectivity index (χ0) is 18.9. The van der Waals surface area contributed by atoms with Gasteiger partial charge in [0.25, 0.3) is 0 Å². The molecule has 1 saturated carbocycles. The van der Waals surface area contributed by atoms with E-state index in [0.29, 0.717) is 13.0 Å². The number of hydrogen-bond acceptors (Lipinski definition) is 4. The van der Waals surface area contributed by atoms with Gasteiger partial charge in [-0.1, -0.05) is 30.3 Å². The van der Waals surface area contributed by atoms with Crippen LogP contribution in [-0.2, 0) is 10.2 Å². The van der Waals surface area contributed by atoms with Crippen LogP contribution in [0.15, 0.2) is 59.8 Å². The average Bonchev–Trinajstić information content (AvgIpc) is 3.44. The molecule has 1 N–H and O–H groups in total. The van der Waals surface area contributed by atoms with Crippen molar-refractivity contribution in [1.29, 1.82) is 0 Å². The molecule has 0 radical (unpaired) electrons. The van der Waals surface area contributed by atoms with Crippen LogP contribution in [0.5, 0.6) is 11.5 Å². The maximum atomic E-state index is 11.8. The lowest BCUT2D eigenvalue weighted by Crippen LogP contribution is -2.17. The zero-order valence-corrected chi connectivity index (χ0v) is 15.9. The Hall–Kier alpha value is -2.75. The van der Waals surface area contributed by atoms with Gasteiger partial charge in [-0.2, -0.15) is 0 Å². The van der Waals surface area contributed by atoms with Gasteiger partial charge in [0.05, 0.1) is 13.7 Å². The minimum atomic E-state index is 0.118. The lowest BCUT2D eigenvalue weighted by atomic mass is 9.97. The first-order valence-electron chi connectivity index (χ1n) is 9.48. The summed E-state index contributed by atoms with van der Waals surface area (Å²) in [5.41, 5.74) is 4.20. The Morgan fingerprint density at radius 3 is 2.44 bits per heavy atom. The number of hydrogen-bond donors (Lipinski definition) is 1. The third-order valence-corrected chi connectivity index (χ3v) is 5.68. The van der Waals surface area contributed by atoms with Gasteiger partial charge in [0.1, 0.15) is 0 Å². The number of rotatable bonds is 7. The Kier molecular flexibility index (Phi) is 4.65. The SMILES string of the molecule is COc1ccc(NC2=C(C)C(=O)CC2)cc1OCC1(c2ccccc2)CC1. The van der Waals surface area contributed by atoms with Crippen molar-refractivity contribution in [1.82, 2.24) is 0 Å². The molecule has 0 unspecified atom stereocenters. The van der Waals surface area contributed by atoms with Gasteiger partial charge in [0, 0.05) is 34.9 Å². The van der Waals surface area contributed by atoms with E-state index < -0.39 is 0 Å². The lowest BCUT2D eigenvalue weighted by Gasteiger charge is -2.19. The first kappa shape index (κ1) is 17.7. The molecule has 140 valence electrons. The van der Waals surface area contributed by atoms with Crippen molar-refractivity contribution in [3.05, 3.63) is 65.4 Å². The van der Waals surface area contributed by atoms with Crippen LogP contribution in [0.2, 0.25) is 0 Å². The van der Waals surface area contributed by atoms with Crippen molar-refractivity contribution in [2.24, 2.45) is 0 Å². The number of benzene rings is 2. The molecule has 0 aromatic heterocycles. The van der Waals surface area contributed by atoms with Gasteiger partial charge in [-0.05, 0) is 43.9 Å². The summed E-state index contributed by atoms with van der Waals surface area (Å²) < 4.78 is 11.7. The Morgan fingerprint density at radius 2 is 1.81 bits per heavy atom. The highest BCUT2D eigenvalue weighted by molar-refractivity contribution is 5.98. The van der Waals surface area contributed by atoms with Crippen molar-refractivity contribution < 1.29 is 14.3 Å². The van der Waals surface area contributed by atoms with Crippen molar-refractivity contribution in [2.45, 2.75) is 38.0 Å². The normalized spacial score (nSPS) is 17.8. The van der Waals surface area contributed by atoms with Crippen LogP contribution in [0.4, 0.5) is 5.69 Å². The summed E-state index contributed by atoms with van der Waals surface area (Å²) in [6, 6.07) is 16.4. The van der Waals surface area contributed by atoms with E-state index in [9.17, 15) is 4.79 Å². The van der Waals surface area contributed by atoms with Crippen molar-refractivity contribution in [3.63, 3.8) is 0 Å². The monoisotopic (exact) mass is 363 g/mol. The van der Waals surface area contributed by atoms with E-state index in [1.165, 1.54) is 5.56 Å². The molecule has 0 bridgehead atoms. The molecule has 0 saturated heterocycles. The van der Waals surface area contributed by atoms with E-state index in [-0.39, 0.29) is 11.2 Å². The van der Waals surface area contributed by atoms with Crippen LogP contribution in [-0.4, -0.2) is 19.5 Å². The molecular formula is C23H25NO3. The Morgan fingerprint density at radius 1 is 1.04 bits per heavy atom. The third-order valence-electron chi connectivity index (χ3n) is 5.68. The molecule has 4 heteroatoms. The largest absolute Gasteiger partial charge is 0.493 e. The fourth-order valence-electron chi connectivity index (χ4n) is 3.65. The van der Waals surface area contributed by atoms with Crippen molar-refractivity contribution in [3.8, 4) is 11.5 Å². The smallest absolute Gasteiger partial charge is 0.163 e. The average molecular weight is 363 g/mol. The van der Waals surface area contributed by atoms with E-state index in [0.717, 1.165) is 47.7 Å². The number of nitrogens with one attached hydrogen (secondary N) is 1. The van der Waals surface area contributed by atoms with Gasteiger partial charge >= 0.3 is 0 Å². The predicted molar refractivity (Wildman–Crippen MR) is 106 cm³/mol. The number of methoxy groups -OCH3 is 1. The molecule has 0 atom stereocenters. The fourth-order valence-corrected chi connectivity index (χ4v) is 3.65. The number of carbonyl (C=O) groups is 1. The summed E-state index contributed by atoms with van der Waals surface area (Å²) in [6.45, 7) is 2.52. The quantitative estimate of drug-likeness (QED) is 0.763. The molecule has 0 spiro atoms. The van der Waals surface area contributed by atoms with Gasteiger partial charge in [-0.15, -0.1) is 0 Å². The van der Waals surface area contributed by atoms with Gasteiger partial charge in [0.2, 0.25) is 0 Å². The van der Waals surface area contributed by atoms with Crippen LogP contribution in [0, 0.1) is 0 Å². The Bertz CT molecular complexity index is 882. The second-order valence-corrected chi connectivity index (χ2v) is 7.45. The maximum absolute atomic E-state index is 11.8. The molecule has 4 rings (SSSR count). The number of ether oxygens (including phenoxy) is 2. The van der Waals surface area contributed by atoms with Gasteiger partial charge in [-0.25, -0.2) is 0 Å². The highest BCUT2D eigenvalue weighted by Crippen LogP contribution is 2.48. The predicted octanol–water partition coefficient (Wildman–Crippen LogP) is 4.85. The summed E-state index contributed by atoms with van der Waals surface area (Å²) in [6.07, 6.45) is 3.65. The molecule has 0 aliphatic heterocycles. The lowest BCUT2D eigenvalue weighted by molar-refractivity contribution is -0.114. The van der Waals surface area contributed by atoms with Crippen LogP contribution >= 0.6 is 0 Å². The number of anilines is 1. The summed E-state index contributed by atoms with van der Waals surface area (Å²) in [7, 11) is 1.65. The second-order valence-electron chi connectivity index (χ2n) is 7.45. The van der Waals surface area contributed by atoms with E-state index in [1.807, 2.05) is 31.2 Å². The highest BCUT2D eigenvalue weighted by Gasteiger charge is 2.45. The van der Waals surface area contributed by atoms with E-state index in [1.54, 1.807) is 7.11 Å². The van der Waals surface area contributed by atoms with Gasteiger partial charge in [0.15, 0.2) is 17.3 Å². The first-order chi connectivity index (χ1) is 13.1. The molecule has 1 fully saturated rings. The first-order valence-corrected chi connectivity index (χ1v) is 9.48. The van der Waals surface area contributed by atoms with Crippen LogP contribution < -0.4 is 14.8 Å². The van der Waals surface area contributed by atoms with Crippen molar-refractivity contribution in [2.75, 3.05) is 19.0 Å². The van der Waals surface area contributed by atoms with Gasteiger partial charge < -0.3 is 14.8 Å². The summed E-state index contributed by atoms with van der Waals surface area (Å²) >= 11 is 0. The van der Waals surface area contributed by atoms with Crippen LogP contribution in [0.25, 0.3) is 0 Å². The molecule has 0 heterocycles. The molecule has 2 aliphatic carbocycles. The zero-order valence-electron chi connectivity index (χ0n) is 15.9. The number of ketones is 1. The molecular weight excluding hydrogens is 338 g/mol. The van der Waals surface area contributed by atoms with Crippen LogP contribution in [0.3, 0.4) is 0 Å². The maximum Gasteiger partial charge on any atom is 0.163 e. The molecule has 2 aromatic carbocycles. The minimum Gasteiger partial charge on any atom is -0.493 e. The van der Waals surface area contributed by atoms with Crippen molar-refractivity contribution >= 4 is 11.5 Å². The molecule has 27 heavy (non-hydrogen) atoms. The molecule has 4 nitrogen and oxygen atoms in total. The standard InChI is InChI=1S/C23H25NO3/c1-16-19(9-10-20(16)25)24-18-8-11-21(26-2)22(14-18)27-15-23(12-13-23)17-6-4-3-5-7-17/h3-8,11,14,24H,9-10,12-13,15H2,1-2H3. The van der Waals surface area contributed by atoms with E-state index >= 15 is 0 Å². The molecule has 0 amide bonds. The summed E-state index contributed by atoms with van der Waals surface area (Å²) in [5.74, 6) is 1.67. The third kappa shape index (κ3) is 3.57. The summed E-state index contributed by atoms with van der Waals surface area (Å²) in [5, 5.41) is 3.38. The Labute approximate surface area is 160 Å². The minimum absolute atomic E-state index is 0.118. The number of carbonyl (C=O) groups excluding carboxylic acids is 1. The number of Topliss-reactive ketones (excluding diaryl/α,β-unsaturated/α-hetero) is 1.